The smallest absolute Gasteiger partial charge is 0.271 e. The zero-order valence-corrected chi connectivity index (χ0v) is 30.2. The molecule has 1 unspecified atom stereocenters. The number of amides is 2. The standard InChI is InChI=1S/C40H53N7O3/c1-27-21-33(9-10-34(27)35-11-12-37(48)43-38(35)49)47-19-15-40(16-20-47)13-17-46(18-14-40)24-29-5-7-30(8-6-29)31-22-32(26-44(3)25-31)42-36-23-41-45(4)39(50)28(36)2/h5-10,21,23,31-32,35,42H,11-20,22,24-26H2,1-4H3,(H,43,48,49)/t31-,32+,35?/m0/s1. The molecule has 0 aliphatic carbocycles. The number of benzene rings is 2. The summed E-state index contributed by atoms with van der Waals surface area (Å²) in [4.78, 5) is 44.0. The first-order valence-corrected chi connectivity index (χ1v) is 18.5. The van der Waals surface area contributed by atoms with Crippen LogP contribution in [0.25, 0.3) is 0 Å². The Kier molecular flexibility index (Phi) is 9.85. The number of anilines is 2. The van der Waals surface area contributed by atoms with Crippen molar-refractivity contribution in [2.24, 2.45) is 12.5 Å². The largest absolute Gasteiger partial charge is 0.379 e. The van der Waals surface area contributed by atoms with Gasteiger partial charge in [-0.1, -0.05) is 30.3 Å². The average Bonchev–Trinajstić information content (AvgIpc) is 3.10. The molecule has 2 N–H and O–H groups in total. The van der Waals surface area contributed by atoms with Crippen molar-refractivity contribution < 1.29 is 9.59 Å². The second-order valence-corrected chi connectivity index (χ2v) is 15.7. The molecule has 50 heavy (non-hydrogen) atoms. The van der Waals surface area contributed by atoms with Gasteiger partial charge in [0.1, 0.15) is 0 Å². The molecule has 1 spiro atoms. The summed E-state index contributed by atoms with van der Waals surface area (Å²) in [5.41, 5.74) is 8.14. The molecule has 10 heteroatoms. The highest BCUT2D eigenvalue weighted by Gasteiger charge is 2.38. The number of carbonyl (C=O) groups excluding carboxylic acids is 2. The van der Waals surface area contributed by atoms with Crippen molar-refractivity contribution in [3.05, 3.63) is 86.8 Å². The molecule has 0 bridgehead atoms. The fraction of sp³-hybridized carbons (Fsp3) is 0.550. The summed E-state index contributed by atoms with van der Waals surface area (Å²) in [6.07, 6.45) is 8.78. The van der Waals surface area contributed by atoms with Crippen LogP contribution in [0.4, 0.5) is 11.4 Å². The van der Waals surface area contributed by atoms with Crippen LogP contribution in [0.5, 0.6) is 0 Å². The Balaban J connectivity index is 0.888. The van der Waals surface area contributed by atoms with Gasteiger partial charge in [0.2, 0.25) is 11.8 Å². The van der Waals surface area contributed by atoms with Gasteiger partial charge in [0.05, 0.1) is 17.8 Å². The summed E-state index contributed by atoms with van der Waals surface area (Å²) >= 11 is 0. The fourth-order valence-corrected chi connectivity index (χ4v) is 9.00. The highest BCUT2D eigenvalue weighted by molar-refractivity contribution is 6.01. The highest BCUT2D eigenvalue weighted by atomic mass is 16.2. The van der Waals surface area contributed by atoms with Crippen molar-refractivity contribution in [3.63, 3.8) is 0 Å². The summed E-state index contributed by atoms with van der Waals surface area (Å²) in [6, 6.07) is 16.1. The van der Waals surface area contributed by atoms with Gasteiger partial charge in [-0.25, -0.2) is 4.68 Å². The maximum absolute atomic E-state index is 12.4. The molecular weight excluding hydrogens is 626 g/mol. The van der Waals surface area contributed by atoms with E-state index in [0.29, 0.717) is 24.2 Å². The summed E-state index contributed by atoms with van der Waals surface area (Å²) in [5, 5.41) is 10.3. The average molecular weight is 680 g/mol. The lowest BCUT2D eigenvalue weighted by molar-refractivity contribution is -0.134. The van der Waals surface area contributed by atoms with Crippen LogP contribution in [-0.2, 0) is 23.2 Å². The van der Waals surface area contributed by atoms with E-state index in [-0.39, 0.29) is 29.3 Å². The molecule has 3 atom stereocenters. The molecule has 0 radical (unpaired) electrons. The van der Waals surface area contributed by atoms with E-state index < -0.39 is 0 Å². The number of likely N-dealkylation sites (N-methyl/N-ethyl adjacent to an activating group) is 1. The Bertz CT molecular complexity index is 1770. The van der Waals surface area contributed by atoms with Crippen LogP contribution < -0.4 is 21.1 Å². The zero-order chi connectivity index (χ0) is 35.0. The molecule has 10 nitrogen and oxygen atoms in total. The Morgan fingerprint density at radius 1 is 0.920 bits per heavy atom. The number of hydrogen-bond donors (Lipinski definition) is 2. The van der Waals surface area contributed by atoms with Gasteiger partial charge in [0.15, 0.2) is 0 Å². The number of rotatable bonds is 7. The summed E-state index contributed by atoms with van der Waals surface area (Å²) in [7, 11) is 3.87. The van der Waals surface area contributed by atoms with Crippen LogP contribution in [0.1, 0.15) is 84.6 Å². The monoisotopic (exact) mass is 679 g/mol. The van der Waals surface area contributed by atoms with E-state index in [0.717, 1.165) is 74.6 Å². The number of likely N-dealkylation sites (tertiary alicyclic amines) is 2. The van der Waals surface area contributed by atoms with E-state index in [1.54, 1.807) is 13.2 Å². The predicted molar refractivity (Wildman–Crippen MR) is 198 cm³/mol. The molecule has 4 saturated heterocycles. The number of hydrogen-bond acceptors (Lipinski definition) is 8. The highest BCUT2D eigenvalue weighted by Crippen LogP contribution is 2.43. The lowest BCUT2D eigenvalue weighted by Crippen LogP contribution is -2.46. The summed E-state index contributed by atoms with van der Waals surface area (Å²) in [5.74, 6) is -0.120. The second kappa shape index (κ2) is 14.3. The Labute approximate surface area is 296 Å². The number of aromatic nitrogens is 2. The van der Waals surface area contributed by atoms with Crippen molar-refractivity contribution in [1.82, 2.24) is 24.9 Å². The van der Waals surface area contributed by atoms with E-state index in [1.165, 1.54) is 47.2 Å². The maximum Gasteiger partial charge on any atom is 0.271 e. The third-order valence-electron chi connectivity index (χ3n) is 12.2. The van der Waals surface area contributed by atoms with Crippen LogP contribution in [0.3, 0.4) is 0 Å². The number of aryl methyl sites for hydroxylation is 2. The maximum atomic E-state index is 12.4. The van der Waals surface area contributed by atoms with E-state index in [2.05, 4.69) is 86.9 Å². The molecule has 4 aliphatic heterocycles. The minimum Gasteiger partial charge on any atom is -0.379 e. The van der Waals surface area contributed by atoms with Crippen LogP contribution in [0, 0.1) is 19.3 Å². The van der Waals surface area contributed by atoms with Crippen LogP contribution in [0.15, 0.2) is 53.5 Å². The first-order valence-electron chi connectivity index (χ1n) is 18.5. The molecule has 266 valence electrons. The van der Waals surface area contributed by atoms with Crippen molar-refractivity contribution in [2.75, 3.05) is 56.5 Å². The molecule has 2 amide bonds. The second-order valence-electron chi connectivity index (χ2n) is 15.7. The summed E-state index contributed by atoms with van der Waals surface area (Å²) in [6.45, 7) is 11.4. The Morgan fingerprint density at radius 2 is 1.64 bits per heavy atom. The van der Waals surface area contributed by atoms with Crippen LogP contribution in [0.2, 0.25) is 0 Å². The van der Waals surface area contributed by atoms with E-state index >= 15 is 0 Å². The zero-order valence-electron chi connectivity index (χ0n) is 30.2. The quantitative estimate of drug-likeness (QED) is 0.347. The topological polar surface area (TPSA) is 103 Å². The molecule has 3 aromatic rings. The third-order valence-corrected chi connectivity index (χ3v) is 12.2. The van der Waals surface area contributed by atoms with Crippen molar-refractivity contribution in [2.45, 2.75) is 83.2 Å². The lowest BCUT2D eigenvalue weighted by atomic mass is 9.71. The van der Waals surface area contributed by atoms with Gasteiger partial charge in [-0.3, -0.25) is 24.6 Å². The first kappa shape index (κ1) is 34.4. The van der Waals surface area contributed by atoms with Crippen LogP contribution in [-0.4, -0.2) is 83.8 Å². The molecule has 4 fully saturated rings. The van der Waals surface area contributed by atoms with Crippen molar-refractivity contribution >= 4 is 23.2 Å². The van der Waals surface area contributed by atoms with Crippen molar-refractivity contribution in [1.29, 1.82) is 0 Å². The molecule has 5 heterocycles. The molecule has 0 saturated carbocycles. The van der Waals surface area contributed by atoms with Crippen LogP contribution >= 0.6 is 0 Å². The van der Waals surface area contributed by atoms with E-state index in [9.17, 15) is 14.4 Å². The minimum absolute atomic E-state index is 0.0525. The normalized spacial score (nSPS) is 24.7. The first-order chi connectivity index (χ1) is 24.1. The number of imide groups is 1. The lowest BCUT2D eigenvalue weighted by Gasteiger charge is -2.47. The van der Waals surface area contributed by atoms with Gasteiger partial charge in [-0.15, -0.1) is 0 Å². The third kappa shape index (κ3) is 7.37. The number of carbonyl (C=O) groups is 2. The van der Waals surface area contributed by atoms with Gasteiger partial charge in [0, 0.05) is 63.5 Å². The summed E-state index contributed by atoms with van der Waals surface area (Å²) < 4.78 is 1.39. The van der Waals surface area contributed by atoms with Gasteiger partial charge < -0.3 is 15.1 Å². The number of piperidine rings is 4. The molecular formula is C40H53N7O3. The molecule has 7 rings (SSSR count). The van der Waals surface area contributed by atoms with Gasteiger partial charge in [-0.05, 0) is 118 Å². The molecule has 1 aromatic heterocycles. The van der Waals surface area contributed by atoms with Gasteiger partial charge in [0.25, 0.3) is 5.56 Å². The minimum atomic E-state index is -0.230. The predicted octanol–water partition coefficient (Wildman–Crippen LogP) is 4.70. The van der Waals surface area contributed by atoms with Crippen molar-refractivity contribution in [3.8, 4) is 0 Å². The SMILES string of the molecule is Cc1cc(N2CCC3(CCN(Cc4ccc([C@H]5C[C@@H](Nc6cnn(C)c(=O)c6C)CN(C)C5)cc4)CC3)CC2)ccc1C1CCC(=O)NC1=O. The number of nitrogens with one attached hydrogen (secondary N) is 2. The van der Waals surface area contributed by atoms with E-state index in [4.69, 9.17) is 0 Å². The Hall–Kier alpha value is -4.02. The van der Waals surface area contributed by atoms with Gasteiger partial charge in [-0.2, -0.15) is 5.10 Å². The fourth-order valence-electron chi connectivity index (χ4n) is 9.00. The van der Waals surface area contributed by atoms with Gasteiger partial charge >= 0.3 is 0 Å². The number of nitrogens with zero attached hydrogens (tertiary/aromatic N) is 5. The molecule has 4 aliphatic rings. The molecule has 2 aromatic carbocycles. The Morgan fingerprint density at radius 3 is 2.34 bits per heavy atom. The van der Waals surface area contributed by atoms with E-state index in [1.807, 2.05) is 6.92 Å².